The first-order chi connectivity index (χ1) is 8.50. The molecule has 0 radical (unpaired) electrons. The van der Waals surface area contributed by atoms with Crippen molar-refractivity contribution in [2.75, 3.05) is 25.1 Å². The minimum atomic E-state index is -0.615. The Balaban J connectivity index is 2.18. The summed E-state index contributed by atoms with van der Waals surface area (Å²) in [4.78, 5) is 14.1. The van der Waals surface area contributed by atoms with Crippen LogP contribution in [0.15, 0.2) is 0 Å². The normalized spacial score (nSPS) is 24.8. The van der Waals surface area contributed by atoms with E-state index in [1.807, 2.05) is 11.8 Å². The van der Waals surface area contributed by atoms with Gasteiger partial charge in [0.15, 0.2) is 0 Å². The van der Waals surface area contributed by atoms with E-state index in [4.69, 9.17) is 16.3 Å². The molecule has 100 valence electrons. The first kappa shape index (κ1) is 13.3. The van der Waals surface area contributed by atoms with E-state index in [1.54, 1.807) is 0 Å². The highest BCUT2D eigenvalue weighted by molar-refractivity contribution is 6.28. The summed E-state index contributed by atoms with van der Waals surface area (Å²) in [5, 5.41) is 10.2. The lowest BCUT2D eigenvalue weighted by Crippen LogP contribution is -2.29. The third kappa shape index (κ3) is 3.20. The Hall–Kier alpha value is -1.14. The molecule has 1 aromatic heterocycles. The second-order valence-electron chi connectivity index (χ2n) is 4.73. The lowest BCUT2D eigenvalue weighted by molar-refractivity contribution is 0.0481. The Morgan fingerprint density at radius 1 is 1.28 bits per heavy atom. The highest BCUT2D eigenvalue weighted by Crippen LogP contribution is 2.24. The molecule has 1 aliphatic rings. The maximum atomic E-state index is 10.0. The summed E-state index contributed by atoms with van der Waals surface area (Å²) >= 11 is 5.83. The smallest absolute Gasteiger partial charge is 0.322 e. The van der Waals surface area contributed by atoms with Gasteiger partial charge in [0.1, 0.15) is 0 Å². The topological polar surface area (TPSA) is 71.4 Å². The van der Waals surface area contributed by atoms with E-state index in [0.29, 0.717) is 18.9 Å². The Morgan fingerprint density at radius 2 is 2.06 bits per heavy atom. The number of rotatable bonds is 2. The predicted octanol–water partition coefficient (Wildman–Crippen LogP) is 1.27. The van der Waals surface area contributed by atoms with E-state index in [2.05, 4.69) is 15.0 Å². The molecule has 18 heavy (non-hydrogen) atoms. The molecular formula is C11H17ClN4O2. The Labute approximate surface area is 111 Å². The number of aromatic nitrogens is 3. The molecule has 1 aliphatic heterocycles. The molecule has 7 heteroatoms. The van der Waals surface area contributed by atoms with Crippen LogP contribution in [0.5, 0.6) is 6.01 Å². The van der Waals surface area contributed by atoms with Crippen molar-refractivity contribution in [3.8, 4) is 6.01 Å². The van der Waals surface area contributed by atoms with Crippen LogP contribution in [0.25, 0.3) is 0 Å². The third-order valence-electron chi connectivity index (χ3n) is 3.10. The molecule has 1 fully saturated rings. The van der Waals surface area contributed by atoms with Crippen LogP contribution in [0.3, 0.4) is 0 Å². The molecule has 1 aromatic rings. The second-order valence-corrected chi connectivity index (χ2v) is 5.07. The lowest BCUT2D eigenvalue weighted by atomic mass is 9.98. The fourth-order valence-corrected chi connectivity index (χ4v) is 2.17. The van der Waals surface area contributed by atoms with E-state index < -0.39 is 5.60 Å². The quantitative estimate of drug-likeness (QED) is 0.874. The zero-order chi connectivity index (χ0) is 13.2. The van der Waals surface area contributed by atoms with E-state index >= 15 is 0 Å². The van der Waals surface area contributed by atoms with Crippen molar-refractivity contribution >= 4 is 17.5 Å². The van der Waals surface area contributed by atoms with Crippen LogP contribution >= 0.6 is 11.6 Å². The Morgan fingerprint density at radius 3 is 2.78 bits per heavy atom. The number of aliphatic hydroxyl groups is 1. The van der Waals surface area contributed by atoms with Gasteiger partial charge in [-0.05, 0) is 37.8 Å². The molecule has 1 unspecified atom stereocenters. The number of ether oxygens (including phenoxy) is 1. The molecule has 0 spiro atoms. The molecule has 6 nitrogen and oxygen atoms in total. The van der Waals surface area contributed by atoms with Crippen molar-refractivity contribution in [1.29, 1.82) is 0 Å². The van der Waals surface area contributed by atoms with Crippen molar-refractivity contribution in [1.82, 2.24) is 15.0 Å². The maximum Gasteiger partial charge on any atom is 0.322 e. The van der Waals surface area contributed by atoms with Crippen LogP contribution in [-0.2, 0) is 0 Å². The van der Waals surface area contributed by atoms with Crippen molar-refractivity contribution in [2.45, 2.75) is 31.8 Å². The van der Waals surface area contributed by atoms with Gasteiger partial charge in [0.05, 0.1) is 12.7 Å². The lowest BCUT2D eigenvalue weighted by Gasteiger charge is -2.22. The fraction of sp³-hybridized carbons (Fsp3) is 0.727. The Kier molecular flexibility index (Phi) is 3.87. The van der Waals surface area contributed by atoms with Crippen molar-refractivity contribution < 1.29 is 9.84 Å². The summed E-state index contributed by atoms with van der Waals surface area (Å²) in [6.45, 7) is 3.34. The van der Waals surface area contributed by atoms with Crippen LogP contribution in [0, 0.1) is 0 Å². The summed E-state index contributed by atoms with van der Waals surface area (Å²) in [6, 6.07) is 0.209. The number of hydrogen-bond acceptors (Lipinski definition) is 6. The van der Waals surface area contributed by atoms with Gasteiger partial charge < -0.3 is 14.7 Å². The summed E-state index contributed by atoms with van der Waals surface area (Å²) in [5.41, 5.74) is -0.615. The molecule has 1 atom stereocenters. The first-order valence-corrected chi connectivity index (χ1v) is 6.31. The predicted molar refractivity (Wildman–Crippen MR) is 68.1 cm³/mol. The molecule has 2 heterocycles. The summed E-state index contributed by atoms with van der Waals surface area (Å²) in [5.74, 6) is 0.504. The van der Waals surface area contributed by atoms with Gasteiger partial charge in [0, 0.05) is 13.1 Å². The van der Waals surface area contributed by atoms with Crippen LogP contribution in [0.1, 0.15) is 26.2 Å². The average Bonchev–Trinajstić information content (AvgIpc) is 2.49. The molecule has 0 bridgehead atoms. The maximum absolute atomic E-state index is 10.0. The van der Waals surface area contributed by atoms with E-state index in [0.717, 1.165) is 19.4 Å². The molecule has 0 aromatic carbocycles. The molecule has 0 aliphatic carbocycles. The van der Waals surface area contributed by atoms with Crippen molar-refractivity contribution in [3.05, 3.63) is 5.28 Å². The van der Waals surface area contributed by atoms with Crippen molar-refractivity contribution in [2.24, 2.45) is 0 Å². The minimum Gasteiger partial charge on any atom is -0.467 e. The van der Waals surface area contributed by atoms with Crippen LogP contribution in [-0.4, -0.2) is 45.9 Å². The summed E-state index contributed by atoms with van der Waals surface area (Å²) in [6.07, 6.45) is 2.34. The Bertz CT molecular complexity index is 428. The summed E-state index contributed by atoms with van der Waals surface area (Å²) < 4.78 is 4.98. The molecule has 1 N–H and O–H groups in total. The number of halogens is 1. The molecule has 0 amide bonds. The largest absolute Gasteiger partial charge is 0.467 e. The van der Waals surface area contributed by atoms with Gasteiger partial charge in [0.25, 0.3) is 0 Å². The highest BCUT2D eigenvalue weighted by atomic mass is 35.5. The standard InChI is InChI=1S/C11H17ClN4O2/c1-11(17)4-3-6-16(7-5-11)9-13-8(12)14-10(15-9)18-2/h17H,3-7H2,1-2H3. The fourth-order valence-electron chi connectivity index (χ4n) is 2.02. The number of nitrogens with zero attached hydrogens (tertiary/aromatic N) is 4. The number of methoxy groups -OCH3 is 1. The summed E-state index contributed by atoms with van der Waals surface area (Å²) in [7, 11) is 1.49. The molecular weight excluding hydrogens is 256 g/mol. The van der Waals surface area contributed by atoms with Crippen LogP contribution in [0.4, 0.5) is 5.95 Å². The molecule has 2 rings (SSSR count). The van der Waals surface area contributed by atoms with Gasteiger partial charge in [-0.3, -0.25) is 0 Å². The monoisotopic (exact) mass is 272 g/mol. The van der Waals surface area contributed by atoms with E-state index in [1.165, 1.54) is 7.11 Å². The zero-order valence-corrected chi connectivity index (χ0v) is 11.3. The van der Waals surface area contributed by atoms with E-state index in [-0.39, 0.29) is 11.3 Å². The van der Waals surface area contributed by atoms with Gasteiger partial charge in [-0.1, -0.05) is 0 Å². The third-order valence-corrected chi connectivity index (χ3v) is 3.27. The van der Waals surface area contributed by atoms with Gasteiger partial charge in [-0.25, -0.2) is 0 Å². The average molecular weight is 273 g/mol. The van der Waals surface area contributed by atoms with E-state index in [9.17, 15) is 5.11 Å². The zero-order valence-electron chi connectivity index (χ0n) is 10.6. The number of hydrogen-bond donors (Lipinski definition) is 1. The van der Waals surface area contributed by atoms with Gasteiger partial charge in [-0.2, -0.15) is 15.0 Å². The molecule has 0 saturated carbocycles. The van der Waals surface area contributed by atoms with Gasteiger partial charge in [-0.15, -0.1) is 0 Å². The SMILES string of the molecule is COc1nc(Cl)nc(N2CCCC(C)(O)CC2)n1. The highest BCUT2D eigenvalue weighted by Gasteiger charge is 2.26. The van der Waals surface area contributed by atoms with Crippen molar-refractivity contribution in [3.63, 3.8) is 0 Å². The van der Waals surface area contributed by atoms with Crippen LogP contribution in [0.2, 0.25) is 5.28 Å². The number of anilines is 1. The van der Waals surface area contributed by atoms with Gasteiger partial charge in [0.2, 0.25) is 11.2 Å². The minimum absolute atomic E-state index is 0.118. The van der Waals surface area contributed by atoms with Crippen LogP contribution < -0.4 is 9.64 Å². The first-order valence-electron chi connectivity index (χ1n) is 5.93. The molecule has 1 saturated heterocycles. The second kappa shape index (κ2) is 5.24. The van der Waals surface area contributed by atoms with Gasteiger partial charge >= 0.3 is 6.01 Å².